The van der Waals surface area contributed by atoms with Crippen LogP contribution in [0, 0.1) is 11.8 Å². The molecule has 1 aromatic carbocycles. The van der Waals surface area contributed by atoms with E-state index < -0.39 is 17.8 Å². The number of ether oxygens (including phenoxy) is 1. The first-order valence-electron chi connectivity index (χ1n) is 6.74. The quantitative estimate of drug-likeness (QED) is 0.438. The van der Waals surface area contributed by atoms with Crippen LogP contribution in [0.2, 0.25) is 0 Å². The summed E-state index contributed by atoms with van der Waals surface area (Å²) in [7, 11) is 0. The fraction of sp³-hybridized carbons (Fsp3) is 0.250. The van der Waals surface area contributed by atoms with Gasteiger partial charge in [-0.25, -0.2) is 0 Å². The minimum atomic E-state index is -0.487. The molecule has 116 valence electrons. The molecule has 1 aliphatic carbocycles. The molecule has 0 radical (unpaired) electrons. The maximum absolute atomic E-state index is 12.5. The number of hydrogen-bond donors (Lipinski definition) is 1. The molecule has 2 rings (SSSR count). The summed E-state index contributed by atoms with van der Waals surface area (Å²) in [4.78, 5) is 24.5. The molecule has 0 heterocycles. The van der Waals surface area contributed by atoms with Crippen LogP contribution in [0.1, 0.15) is 12.8 Å². The zero-order valence-electron chi connectivity index (χ0n) is 11.7. The fourth-order valence-electron chi connectivity index (χ4n) is 2.39. The minimum absolute atomic E-state index is 0.194. The zero-order valence-corrected chi connectivity index (χ0v) is 14.9. The summed E-state index contributed by atoms with van der Waals surface area (Å²) in [5.41, 5.74) is 0.664. The molecule has 1 N–H and O–H groups in total. The van der Waals surface area contributed by atoms with Gasteiger partial charge in [0, 0.05) is 14.6 Å². The van der Waals surface area contributed by atoms with Crippen LogP contribution in [-0.2, 0) is 14.3 Å². The topological polar surface area (TPSA) is 55.4 Å². The summed E-state index contributed by atoms with van der Waals surface area (Å²) in [6, 6.07) is 5.49. The number of esters is 1. The summed E-state index contributed by atoms with van der Waals surface area (Å²) in [6.07, 6.45) is 5.92. The van der Waals surface area contributed by atoms with E-state index in [0.29, 0.717) is 18.5 Å². The van der Waals surface area contributed by atoms with Crippen molar-refractivity contribution in [2.24, 2.45) is 11.8 Å². The van der Waals surface area contributed by atoms with Crippen molar-refractivity contribution >= 4 is 49.4 Å². The highest BCUT2D eigenvalue weighted by Crippen LogP contribution is 2.29. The lowest BCUT2D eigenvalue weighted by Crippen LogP contribution is -2.35. The molecule has 0 fully saturated rings. The zero-order chi connectivity index (χ0) is 16.1. The van der Waals surface area contributed by atoms with E-state index in [2.05, 4.69) is 43.8 Å². The molecule has 0 aromatic heterocycles. The van der Waals surface area contributed by atoms with E-state index in [-0.39, 0.29) is 5.91 Å². The first-order chi connectivity index (χ1) is 10.5. The van der Waals surface area contributed by atoms with Gasteiger partial charge in [0.05, 0.1) is 18.1 Å². The Morgan fingerprint density at radius 2 is 1.73 bits per heavy atom. The van der Waals surface area contributed by atoms with Crippen LogP contribution in [0.25, 0.3) is 0 Å². The molecule has 1 aromatic rings. The van der Waals surface area contributed by atoms with Crippen molar-refractivity contribution in [3.05, 3.63) is 52.1 Å². The highest BCUT2D eigenvalue weighted by molar-refractivity contribution is 9.11. The maximum atomic E-state index is 12.5. The first kappa shape index (κ1) is 17.0. The van der Waals surface area contributed by atoms with E-state index in [4.69, 9.17) is 4.74 Å². The van der Waals surface area contributed by atoms with Crippen molar-refractivity contribution < 1.29 is 14.3 Å². The predicted molar refractivity (Wildman–Crippen MR) is 92.1 cm³/mol. The van der Waals surface area contributed by atoms with Crippen LogP contribution in [0.15, 0.2) is 52.1 Å². The van der Waals surface area contributed by atoms with Crippen LogP contribution in [0.3, 0.4) is 0 Å². The largest absolute Gasteiger partial charge is 0.435 e. The van der Waals surface area contributed by atoms with E-state index in [1.54, 1.807) is 12.1 Å². The number of carbonyl (C=O) groups excluding carboxylic acids is 2. The summed E-state index contributed by atoms with van der Waals surface area (Å²) in [5, 5.41) is 2.85. The highest BCUT2D eigenvalue weighted by atomic mass is 79.9. The summed E-state index contributed by atoms with van der Waals surface area (Å²) in [6.45, 7) is 3.38. The molecular formula is C16H15Br2NO3. The van der Waals surface area contributed by atoms with Crippen LogP contribution in [0.4, 0.5) is 5.69 Å². The molecular weight excluding hydrogens is 414 g/mol. The van der Waals surface area contributed by atoms with Crippen molar-refractivity contribution in [2.45, 2.75) is 12.8 Å². The molecule has 22 heavy (non-hydrogen) atoms. The number of amides is 1. The average molecular weight is 429 g/mol. The molecule has 0 bridgehead atoms. The van der Waals surface area contributed by atoms with Gasteiger partial charge in [-0.3, -0.25) is 9.59 Å². The second-order valence-corrected chi connectivity index (χ2v) is 6.74. The minimum Gasteiger partial charge on any atom is -0.435 e. The Bertz CT molecular complexity index is 608. The number of halogens is 2. The van der Waals surface area contributed by atoms with Gasteiger partial charge in [-0.1, -0.05) is 50.6 Å². The first-order valence-corrected chi connectivity index (χ1v) is 8.33. The van der Waals surface area contributed by atoms with Crippen molar-refractivity contribution in [1.29, 1.82) is 0 Å². The number of anilines is 1. The van der Waals surface area contributed by atoms with Crippen LogP contribution < -0.4 is 5.32 Å². The number of rotatable bonds is 4. The monoisotopic (exact) mass is 427 g/mol. The van der Waals surface area contributed by atoms with Crippen molar-refractivity contribution in [3.8, 4) is 0 Å². The van der Waals surface area contributed by atoms with Gasteiger partial charge in [0.1, 0.15) is 0 Å². The standard InChI is InChI=1S/C16H15Br2NO3/c1-2-22-16(21)14-6-4-3-5-13(14)15(20)19-12-8-10(17)7-11(18)9-12/h2-4,7-9,13-14H,1,5-6H2,(H,19,20)/t13-,14+/m1/s1. The van der Waals surface area contributed by atoms with Gasteiger partial charge >= 0.3 is 5.97 Å². The van der Waals surface area contributed by atoms with Gasteiger partial charge in [0.2, 0.25) is 5.91 Å². The Labute approximate surface area is 145 Å². The van der Waals surface area contributed by atoms with E-state index in [1.807, 2.05) is 18.2 Å². The Balaban J connectivity index is 2.13. The van der Waals surface area contributed by atoms with Crippen LogP contribution in [0.5, 0.6) is 0 Å². The molecule has 0 saturated carbocycles. The Kier molecular flexibility index (Phi) is 5.97. The highest BCUT2D eigenvalue weighted by Gasteiger charge is 2.35. The normalized spacial score (nSPS) is 20.3. The van der Waals surface area contributed by atoms with Gasteiger partial charge in [0.25, 0.3) is 0 Å². The van der Waals surface area contributed by atoms with Gasteiger partial charge in [0.15, 0.2) is 0 Å². The number of allylic oxidation sites excluding steroid dienone is 2. The maximum Gasteiger partial charge on any atom is 0.314 e. The van der Waals surface area contributed by atoms with E-state index >= 15 is 0 Å². The molecule has 0 saturated heterocycles. The second-order valence-electron chi connectivity index (χ2n) is 4.91. The van der Waals surface area contributed by atoms with Crippen molar-refractivity contribution in [1.82, 2.24) is 0 Å². The third-order valence-electron chi connectivity index (χ3n) is 3.40. The number of hydrogen-bond acceptors (Lipinski definition) is 3. The Morgan fingerprint density at radius 1 is 1.14 bits per heavy atom. The third kappa shape index (κ3) is 4.30. The average Bonchev–Trinajstić information content (AvgIpc) is 2.46. The molecule has 0 unspecified atom stereocenters. The second kappa shape index (κ2) is 7.74. The number of carbonyl (C=O) groups is 2. The Hall–Kier alpha value is -1.40. The van der Waals surface area contributed by atoms with Crippen molar-refractivity contribution in [2.75, 3.05) is 5.32 Å². The third-order valence-corrected chi connectivity index (χ3v) is 4.32. The van der Waals surface area contributed by atoms with E-state index in [9.17, 15) is 9.59 Å². The lowest BCUT2D eigenvalue weighted by Gasteiger charge is -2.25. The summed E-state index contributed by atoms with van der Waals surface area (Å²) < 4.78 is 6.55. The SMILES string of the molecule is C=COC(=O)[C@H]1CC=CC[C@H]1C(=O)Nc1cc(Br)cc(Br)c1. The van der Waals surface area contributed by atoms with Crippen LogP contribution >= 0.6 is 31.9 Å². The van der Waals surface area contributed by atoms with Gasteiger partial charge in [-0.15, -0.1) is 0 Å². The molecule has 2 atom stereocenters. The fourth-order valence-corrected chi connectivity index (χ4v) is 3.69. The molecule has 0 aliphatic heterocycles. The lowest BCUT2D eigenvalue weighted by atomic mass is 9.82. The Morgan fingerprint density at radius 3 is 2.32 bits per heavy atom. The molecule has 1 amide bonds. The molecule has 4 nitrogen and oxygen atoms in total. The smallest absolute Gasteiger partial charge is 0.314 e. The molecule has 0 spiro atoms. The summed E-state index contributed by atoms with van der Waals surface area (Å²) in [5.74, 6) is -1.55. The van der Waals surface area contributed by atoms with E-state index in [1.165, 1.54) is 0 Å². The van der Waals surface area contributed by atoms with Crippen LogP contribution in [-0.4, -0.2) is 11.9 Å². The van der Waals surface area contributed by atoms with E-state index in [0.717, 1.165) is 15.2 Å². The van der Waals surface area contributed by atoms with Crippen molar-refractivity contribution in [3.63, 3.8) is 0 Å². The van der Waals surface area contributed by atoms with Gasteiger partial charge < -0.3 is 10.1 Å². The predicted octanol–water partition coefficient (Wildman–Crippen LogP) is 4.42. The lowest BCUT2D eigenvalue weighted by molar-refractivity contribution is -0.147. The van der Waals surface area contributed by atoms with Gasteiger partial charge in [-0.2, -0.15) is 0 Å². The molecule has 1 aliphatic rings. The molecule has 6 heteroatoms. The van der Waals surface area contributed by atoms with Gasteiger partial charge in [-0.05, 0) is 31.0 Å². The number of benzene rings is 1. The summed E-state index contributed by atoms with van der Waals surface area (Å²) >= 11 is 6.75. The number of nitrogens with one attached hydrogen (secondary N) is 1.